The molecule has 0 bridgehead atoms. The second kappa shape index (κ2) is 7.76. The zero-order valence-corrected chi connectivity index (χ0v) is 15.7. The summed E-state index contributed by atoms with van der Waals surface area (Å²) in [6.07, 6.45) is 3.91. The Kier molecular flexibility index (Phi) is 5.45. The normalized spacial score (nSPS) is 10.7. The quantitative estimate of drug-likeness (QED) is 0.619. The highest BCUT2D eigenvalue weighted by atomic mass is 79.9. The average molecular weight is 422 g/mol. The second-order valence-corrected chi connectivity index (χ2v) is 6.62. The molecule has 1 aromatic carbocycles. The van der Waals surface area contributed by atoms with Crippen LogP contribution in [0.4, 0.5) is 5.69 Å². The lowest BCUT2D eigenvalue weighted by Gasteiger charge is -2.18. The SMILES string of the molecule is CN(C(=O)CCc1nc(-c2cccnc2)no1)c1ccc(Br)cc1Cl. The zero-order valence-electron chi connectivity index (χ0n) is 13.3. The minimum absolute atomic E-state index is 0.0923. The first-order valence-electron chi connectivity index (χ1n) is 7.49. The van der Waals surface area contributed by atoms with Gasteiger partial charge in [0.2, 0.25) is 17.6 Å². The Hall–Kier alpha value is -2.25. The van der Waals surface area contributed by atoms with Crippen LogP contribution in [0.2, 0.25) is 5.02 Å². The van der Waals surface area contributed by atoms with Gasteiger partial charge in [-0.25, -0.2) is 0 Å². The van der Waals surface area contributed by atoms with Crippen LogP contribution in [0.25, 0.3) is 11.4 Å². The fourth-order valence-corrected chi connectivity index (χ4v) is 3.04. The van der Waals surface area contributed by atoms with E-state index >= 15 is 0 Å². The topological polar surface area (TPSA) is 72.1 Å². The summed E-state index contributed by atoms with van der Waals surface area (Å²) < 4.78 is 6.06. The fourth-order valence-electron chi connectivity index (χ4n) is 2.24. The first-order chi connectivity index (χ1) is 12.0. The second-order valence-electron chi connectivity index (χ2n) is 5.30. The summed E-state index contributed by atoms with van der Waals surface area (Å²) in [7, 11) is 1.69. The Morgan fingerprint density at radius 1 is 1.36 bits per heavy atom. The molecule has 3 aromatic rings. The maximum Gasteiger partial charge on any atom is 0.227 e. The summed E-state index contributed by atoms with van der Waals surface area (Å²) in [6.45, 7) is 0. The molecule has 0 aliphatic rings. The van der Waals surface area contributed by atoms with Gasteiger partial charge in [0.25, 0.3) is 0 Å². The largest absolute Gasteiger partial charge is 0.339 e. The van der Waals surface area contributed by atoms with Crippen molar-refractivity contribution in [2.24, 2.45) is 0 Å². The number of hydrogen-bond donors (Lipinski definition) is 0. The molecule has 0 saturated carbocycles. The number of rotatable bonds is 5. The van der Waals surface area contributed by atoms with E-state index in [1.807, 2.05) is 12.1 Å². The van der Waals surface area contributed by atoms with Crippen molar-refractivity contribution >= 4 is 39.1 Å². The number of halogens is 2. The van der Waals surface area contributed by atoms with Crippen molar-refractivity contribution in [3.8, 4) is 11.4 Å². The van der Waals surface area contributed by atoms with Crippen LogP contribution in [0.3, 0.4) is 0 Å². The van der Waals surface area contributed by atoms with Crippen molar-refractivity contribution in [1.29, 1.82) is 0 Å². The van der Waals surface area contributed by atoms with Gasteiger partial charge in [-0.2, -0.15) is 4.98 Å². The van der Waals surface area contributed by atoms with Gasteiger partial charge in [0.15, 0.2) is 0 Å². The summed E-state index contributed by atoms with van der Waals surface area (Å²) in [6, 6.07) is 9.02. The van der Waals surface area contributed by atoms with E-state index in [4.69, 9.17) is 16.1 Å². The first-order valence-corrected chi connectivity index (χ1v) is 8.66. The summed E-state index contributed by atoms with van der Waals surface area (Å²) in [5.41, 5.74) is 1.42. The van der Waals surface area contributed by atoms with Crippen molar-refractivity contribution < 1.29 is 9.32 Å². The van der Waals surface area contributed by atoms with Crippen molar-refractivity contribution in [3.05, 3.63) is 58.1 Å². The predicted molar refractivity (Wildman–Crippen MR) is 98.4 cm³/mol. The highest BCUT2D eigenvalue weighted by Crippen LogP contribution is 2.28. The van der Waals surface area contributed by atoms with E-state index in [0.717, 1.165) is 10.0 Å². The van der Waals surface area contributed by atoms with E-state index in [1.165, 1.54) is 4.90 Å². The van der Waals surface area contributed by atoms with Crippen LogP contribution >= 0.6 is 27.5 Å². The van der Waals surface area contributed by atoms with Crippen LogP contribution in [-0.2, 0) is 11.2 Å². The van der Waals surface area contributed by atoms with Crippen LogP contribution in [0.5, 0.6) is 0 Å². The van der Waals surface area contributed by atoms with Gasteiger partial charge >= 0.3 is 0 Å². The van der Waals surface area contributed by atoms with E-state index in [1.54, 1.807) is 37.6 Å². The molecule has 1 amide bonds. The summed E-state index contributed by atoms with van der Waals surface area (Å²) in [5.74, 6) is 0.771. The highest BCUT2D eigenvalue weighted by molar-refractivity contribution is 9.10. The van der Waals surface area contributed by atoms with Crippen LogP contribution in [0, 0.1) is 0 Å². The van der Waals surface area contributed by atoms with Crippen LogP contribution in [-0.4, -0.2) is 28.1 Å². The molecule has 3 rings (SSSR count). The number of pyridine rings is 1. The molecule has 2 aromatic heterocycles. The van der Waals surface area contributed by atoms with Gasteiger partial charge in [-0.1, -0.05) is 32.7 Å². The average Bonchev–Trinajstić information content (AvgIpc) is 3.09. The minimum Gasteiger partial charge on any atom is -0.339 e. The summed E-state index contributed by atoms with van der Waals surface area (Å²) in [5, 5.41) is 4.42. The van der Waals surface area contributed by atoms with Crippen molar-refractivity contribution in [3.63, 3.8) is 0 Å². The number of anilines is 1. The van der Waals surface area contributed by atoms with Crippen molar-refractivity contribution in [1.82, 2.24) is 15.1 Å². The predicted octanol–water partition coefficient (Wildman–Crippen LogP) is 4.14. The third kappa shape index (κ3) is 4.24. The number of aromatic nitrogens is 3. The fraction of sp³-hybridized carbons (Fsp3) is 0.176. The van der Waals surface area contributed by atoms with Gasteiger partial charge in [0.05, 0.1) is 10.7 Å². The third-order valence-electron chi connectivity index (χ3n) is 3.59. The standard InChI is InChI=1S/C17H14BrClN4O2/c1-23(14-5-4-12(18)9-13(14)19)16(24)7-6-15-21-17(22-25-15)11-3-2-8-20-10-11/h2-5,8-10H,6-7H2,1H3. The molecule has 25 heavy (non-hydrogen) atoms. The van der Waals surface area contributed by atoms with Gasteiger partial charge in [0.1, 0.15) is 0 Å². The lowest BCUT2D eigenvalue weighted by molar-refractivity contribution is -0.118. The molecule has 0 saturated heterocycles. The van der Waals surface area contributed by atoms with E-state index < -0.39 is 0 Å². The maximum atomic E-state index is 12.4. The Labute approximate surface area is 158 Å². The number of aryl methyl sites for hydroxylation is 1. The van der Waals surface area contributed by atoms with Crippen LogP contribution < -0.4 is 4.90 Å². The minimum atomic E-state index is -0.0923. The molecular formula is C17H14BrClN4O2. The van der Waals surface area contributed by atoms with Crippen LogP contribution in [0.15, 0.2) is 51.7 Å². The Bertz CT molecular complexity index is 885. The van der Waals surface area contributed by atoms with Crippen molar-refractivity contribution in [2.45, 2.75) is 12.8 Å². The van der Waals surface area contributed by atoms with E-state index in [-0.39, 0.29) is 12.3 Å². The van der Waals surface area contributed by atoms with Gasteiger partial charge in [-0.05, 0) is 30.3 Å². The zero-order chi connectivity index (χ0) is 17.8. The number of nitrogens with zero attached hydrogens (tertiary/aromatic N) is 4. The van der Waals surface area contributed by atoms with Gasteiger partial charge in [-0.15, -0.1) is 0 Å². The van der Waals surface area contributed by atoms with Crippen LogP contribution in [0.1, 0.15) is 12.3 Å². The Morgan fingerprint density at radius 2 is 2.20 bits per heavy atom. The summed E-state index contributed by atoms with van der Waals surface area (Å²) >= 11 is 9.53. The Balaban J connectivity index is 1.63. The third-order valence-corrected chi connectivity index (χ3v) is 4.38. The molecule has 6 nitrogen and oxygen atoms in total. The molecule has 0 radical (unpaired) electrons. The molecule has 128 valence electrons. The molecular weight excluding hydrogens is 408 g/mol. The van der Waals surface area contributed by atoms with Crippen molar-refractivity contribution in [2.75, 3.05) is 11.9 Å². The van der Waals surface area contributed by atoms with E-state index in [2.05, 4.69) is 31.1 Å². The van der Waals surface area contributed by atoms with Gasteiger partial charge < -0.3 is 9.42 Å². The molecule has 0 spiro atoms. The number of carbonyl (C=O) groups is 1. The van der Waals surface area contributed by atoms with Gasteiger partial charge in [-0.3, -0.25) is 9.78 Å². The molecule has 0 atom stereocenters. The number of benzene rings is 1. The molecule has 0 N–H and O–H groups in total. The molecule has 0 aliphatic heterocycles. The Morgan fingerprint density at radius 3 is 2.92 bits per heavy atom. The monoisotopic (exact) mass is 420 g/mol. The molecule has 0 unspecified atom stereocenters. The lowest BCUT2D eigenvalue weighted by atomic mass is 10.2. The highest BCUT2D eigenvalue weighted by Gasteiger charge is 2.16. The lowest BCUT2D eigenvalue weighted by Crippen LogP contribution is -2.26. The molecule has 8 heteroatoms. The number of hydrogen-bond acceptors (Lipinski definition) is 5. The first kappa shape index (κ1) is 17.6. The van der Waals surface area contributed by atoms with Gasteiger partial charge in [0, 0.05) is 42.3 Å². The molecule has 0 aliphatic carbocycles. The maximum absolute atomic E-state index is 12.4. The number of amides is 1. The molecule has 2 heterocycles. The summed E-state index contributed by atoms with van der Waals surface area (Å²) in [4.78, 5) is 22.2. The van der Waals surface area contributed by atoms with E-state index in [9.17, 15) is 4.79 Å². The molecule has 0 fully saturated rings. The van der Waals surface area contributed by atoms with E-state index in [0.29, 0.717) is 28.8 Å². The smallest absolute Gasteiger partial charge is 0.227 e. The number of carbonyl (C=O) groups excluding carboxylic acids is 1.